The number of imide groups is 2. The number of benzene rings is 3. The van der Waals surface area contributed by atoms with Crippen molar-refractivity contribution >= 4 is 40.3 Å². The third-order valence-corrected chi connectivity index (χ3v) is 8.60. The first-order chi connectivity index (χ1) is 20.4. The number of hydrogen-bond acceptors (Lipinski definition) is 6. The summed E-state index contributed by atoms with van der Waals surface area (Å²) >= 11 is 0. The van der Waals surface area contributed by atoms with E-state index in [0.29, 0.717) is 59.9 Å². The number of ketones is 1. The first-order valence-electron chi connectivity index (χ1n) is 13.8. The quantitative estimate of drug-likeness (QED) is 0.368. The number of aromatic amines is 1. The van der Waals surface area contributed by atoms with Crippen molar-refractivity contribution in [3.05, 3.63) is 106 Å². The summed E-state index contributed by atoms with van der Waals surface area (Å²) in [7, 11) is 0. The fourth-order valence-corrected chi connectivity index (χ4v) is 6.60. The topological polar surface area (TPSA) is 131 Å². The SMILES string of the molecule is N#Cc1ccc2[nH]c3c(c2c1)CC(N1C(=O)c2ccccc2C1=O)C3.O=C1CCC(N2C(=O)c3ccccc3C2=O)C1. The average Bonchev–Trinajstić information content (AvgIpc) is 3.79. The van der Waals surface area contributed by atoms with Crippen LogP contribution in [0.1, 0.15) is 77.5 Å². The number of carbonyl (C=O) groups excluding carboxylic acids is 5. The van der Waals surface area contributed by atoms with Crippen LogP contribution in [0.4, 0.5) is 0 Å². The van der Waals surface area contributed by atoms with E-state index >= 15 is 0 Å². The zero-order valence-electron chi connectivity index (χ0n) is 22.4. The van der Waals surface area contributed by atoms with E-state index in [1.165, 1.54) is 9.80 Å². The summed E-state index contributed by atoms with van der Waals surface area (Å²) in [4.78, 5) is 66.8. The van der Waals surface area contributed by atoms with E-state index in [1.807, 2.05) is 12.1 Å². The first-order valence-corrected chi connectivity index (χ1v) is 13.8. The van der Waals surface area contributed by atoms with Crippen molar-refractivity contribution in [1.82, 2.24) is 14.8 Å². The van der Waals surface area contributed by atoms with Crippen molar-refractivity contribution in [2.45, 2.75) is 44.2 Å². The number of hydrogen-bond donors (Lipinski definition) is 1. The van der Waals surface area contributed by atoms with Crippen LogP contribution in [0.2, 0.25) is 0 Å². The van der Waals surface area contributed by atoms with Crippen LogP contribution in [0.15, 0.2) is 66.7 Å². The smallest absolute Gasteiger partial charge is 0.261 e. The van der Waals surface area contributed by atoms with Crippen molar-refractivity contribution in [2.75, 3.05) is 0 Å². The van der Waals surface area contributed by atoms with Gasteiger partial charge in [-0.15, -0.1) is 0 Å². The Balaban J connectivity index is 0.000000148. The van der Waals surface area contributed by atoms with Crippen LogP contribution in [0, 0.1) is 11.3 Å². The third kappa shape index (κ3) is 3.87. The highest BCUT2D eigenvalue weighted by atomic mass is 16.2. The van der Waals surface area contributed by atoms with Crippen LogP contribution >= 0.6 is 0 Å². The molecule has 0 bridgehead atoms. The molecule has 0 saturated heterocycles. The van der Waals surface area contributed by atoms with Crippen molar-refractivity contribution in [3.8, 4) is 6.07 Å². The predicted molar refractivity (Wildman–Crippen MR) is 151 cm³/mol. The molecule has 2 unspecified atom stereocenters. The predicted octanol–water partition coefficient (Wildman–Crippen LogP) is 4.21. The molecule has 2 aliphatic heterocycles. The normalized spacial score (nSPS) is 20.5. The van der Waals surface area contributed by atoms with Gasteiger partial charge in [-0.3, -0.25) is 33.8 Å². The molecule has 9 heteroatoms. The molecule has 0 radical (unpaired) electrons. The zero-order chi connectivity index (χ0) is 29.1. The largest absolute Gasteiger partial charge is 0.358 e. The molecule has 9 nitrogen and oxygen atoms in total. The fourth-order valence-electron chi connectivity index (χ4n) is 6.60. The monoisotopic (exact) mass is 556 g/mol. The average molecular weight is 557 g/mol. The molecule has 0 spiro atoms. The first kappa shape index (κ1) is 25.6. The van der Waals surface area contributed by atoms with E-state index in [9.17, 15) is 24.0 Å². The lowest BCUT2D eigenvalue weighted by Crippen LogP contribution is -2.40. The minimum atomic E-state index is -0.259. The molecule has 8 rings (SSSR count). The molecule has 2 aliphatic carbocycles. The zero-order valence-corrected chi connectivity index (χ0v) is 22.4. The minimum absolute atomic E-state index is 0.131. The number of carbonyl (C=O) groups is 5. The van der Waals surface area contributed by atoms with Gasteiger partial charge in [-0.2, -0.15) is 5.26 Å². The van der Waals surface area contributed by atoms with Crippen LogP contribution < -0.4 is 0 Å². The Morgan fingerprint density at radius 2 is 1.24 bits per heavy atom. The second-order valence-electron chi connectivity index (χ2n) is 11.0. The number of H-pyrrole nitrogens is 1. The van der Waals surface area contributed by atoms with Gasteiger partial charge in [-0.1, -0.05) is 24.3 Å². The van der Waals surface area contributed by atoms with Crippen LogP contribution in [0.3, 0.4) is 0 Å². The van der Waals surface area contributed by atoms with E-state index in [-0.39, 0.29) is 41.5 Å². The maximum absolute atomic E-state index is 12.7. The van der Waals surface area contributed by atoms with Crippen molar-refractivity contribution in [2.24, 2.45) is 0 Å². The summed E-state index contributed by atoms with van der Waals surface area (Å²) in [5.41, 5.74) is 5.64. The summed E-state index contributed by atoms with van der Waals surface area (Å²) in [6.07, 6.45) is 2.63. The standard InChI is InChI=1S/C20H13N3O2.C13H11NO3/c21-10-11-5-6-17-15(7-11)16-8-12(9-18(16)22-17)23-19(24)13-3-1-2-4-14(13)20(23)25;15-9-6-5-8(7-9)14-12(16)10-3-1-2-4-11(10)13(14)17/h1-7,12,22H,8-9H2;1-4,8H,5-7H2. The van der Waals surface area contributed by atoms with Gasteiger partial charge in [0.25, 0.3) is 23.6 Å². The lowest BCUT2D eigenvalue weighted by atomic mass is 10.1. The van der Waals surface area contributed by atoms with Crippen LogP contribution in [-0.2, 0) is 17.6 Å². The van der Waals surface area contributed by atoms with Crippen molar-refractivity contribution in [1.29, 1.82) is 5.26 Å². The molecule has 1 aromatic heterocycles. The summed E-state index contributed by atoms with van der Waals surface area (Å²) in [5, 5.41) is 10.1. The van der Waals surface area contributed by atoms with Gasteiger partial charge in [0.2, 0.25) is 0 Å². The summed E-state index contributed by atoms with van der Waals surface area (Å²) in [5.74, 6) is -0.808. The number of aromatic nitrogens is 1. The van der Waals surface area contributed by atoms with E-state index in [1.54, 1.807) is 54.6 Å². The summed E-state index contributed by atoms with van der Waals surface area (Å²) in [6.45, 7) is 0. The Labute approximate surface area is 240 Å². The van der Waals surface area contributed by atoms with Gasteiger partial charge in [-0.25, -0.2) is 0 Å². The van der Waals surface area contributed by atoms with Gasteiger partial charge >= 0.3 is 0 Å². The molecule has 1 saturated carbocycles. The molecule has 1 fully saturated rings. The number of nitrogens with zero attached hydrogens (tertiary/aromatic N) is 3. The Morgan fingerprint density at radius 1 is 0.690 bits per heavy atom. The molecule has 4 aliphatic rings. The Bertz CT molecular complexity index is 1840. The Kier molecular flexibility index (Phi) is 5.87. The number of fused-ring (bicyclic) bond motifs is 5. The summed E-state index contributed by atoms with van der Waals surface area (Å²) < 4.78 is 0. The number of nitriles is 1. The molecule has 206 valence electrons. The molecule has 4 aromatic rings. The van der Waals surface area contributed by atoms with Crippen LogP contribution in [0.25, 0.3) is 10.9 Å². The summed E-state index contributed by atoms with van der Waals surface area (Å²) in [6, 6.07) is 21.1. The molecule has 4 amide bonds. The van der Waals surface area contributed by atoms with Crippen molar-refractivity contribution in [3.63, 3.8) is 0 Å². The molecule has 42 heavy (non-hydrogen) atoms. The third-order valence-electron chi connectivity index (χ3n) is 8.60. The van der Waals surface area contributed by atoms with Gasteiger partial charge in [0.1, 0.15) is 5.78 Å². The second-order valence-corrected chi connectivity index (χ2v) is 11.0. The van der Waals surface area contributed by atoms with E-state index in [4.69, 9.17) is 5.26 Å². The lowest BCUT2D eigenvalue weighted by molar-refractivity contribution is -0.117. The van der Waals surface area contributed by atoms with Gasteiger partial charge < -0.3 is 4.98 Å². The van der Waals surface area contributed by atoms with E-state index in [0.717, 1.165) is 22.2 Å². The fraction of sp³-hybridized carbons (Fsp3) is 0.212. The minimum Gasteiger partial charge on any atom is -0.358 e. The molecule has 3 aromatic carbocycles. The van der Waals surface area contributed by atoms with Crippen LogP contribution in [0.5, 0.6) is 0 Å². The number of amides is 4. The highest BCUT2D eigenvalue weighted by Gasteiger charge is 2.43. The van der Waals surface area contributed by atoms with Gasteiger partial charge in [0.15, 0.2) is 0 Å². The molecular weight excluding hydrogens is 532 g/mol. The van der Waals surface area contributed by atoms with E-state index < -0.39 is 0 Å². The lowest BCUT2D eigenvalue weighted by Gasteiger charge is -2.21. The number of rotatable bonds is 2. The highest BCUT2D eigenvalue weighted by Crippen LogP contribution is 2.36. The number of nitrogens with one attached hydrogen (secondary N) is 1. The van der Waals surface area contributed by atoms with Gasteiger partial charge in [0, 0.05) is 47.9 Å². The number of Topliss-reactive ketones (excluding diaryl/α,β-unsaturated/α-hetero) is 1. The van der Waals surface area contributed by atoms with Crippen molar-refractivity contribution < 1.29 is 24.0 Å². The Morgan fingerprint density at radius 3 is 1.74 bits per heavy atom. The van der Waals surface area contributed by atoms with E-state index in [2.05, 4.69) is 11.1 Å². The maximum atomic E-state index is 12.7. The molecule has 3 heterocycles. The van der Waals surface area contributed by atoms with Crippen LogP contribution in [-0.4, -0.2) is 56.3 Å². The highest BCUT2D eigenvalue weighted by molar-refractivity contribution is 6.22. The molecular formula is C33H24N4O5. The molecule has 2 atom stereocenters. The Hall–Kier alpha value is -5.36. The van der Waals surface area contributed by atoms with Gasteiger partial charge in [-0.05, 0) is 60.9 Å². The second kappa shape index (κ2) is 9.63. The van der Waals surface area contributed by atoms with Gasteiger partial charge in [0.05, 0.1) is 33.9 Å². The molecule has 1 N–H and O–H groups in total. The maximum Gasteiger partial charge on any atom is 0.261 e.